The van der Waals surface area contributed by atoms with Crippen LogP contribution >= 0.6 is 0 Å². The monoisotopic (exact) mass is 308 g/mol. The van der Waals surface area contributed by atoms with Crippen molar-refractivity contribution in [1.82, 2.24) is 10.2 Å². The second-order valence-corrected chi connectivity index (χ2v) is 6.60. The number of carbonyl (C=O) groups is 1. The minimum absolute atomic E-state index is 0.0257. The highest BCUT2D eigenvalue weighted by atomic mass is 16.5. The van der Waals surface area contributed by atoms with Gasteiger partial charge >= 0.3 is 0 Å². The Bertz CT molecular complexity index is 705. The number of fused-ring (bicyclic) bond motifs is 3. The number of hydrogen-bond donors (Lipinski definition) is 1. The van der Waals surface area contributed by atoms with Gasteiger partial charge in [0, 0.05) is 35.8 Å². The molecule has 0 spiro atoms. The van der Waals surface area contributed by atoms with Gasteiger partial charge in [0.1, 0.15) is 12.4 Å². The molecule has 23 heavy (non-hydrogen) atoms. The highest BCUT2D eigenvalue weighted by molar-refractivity contribution is 5.96. The summed E-state index contributed by atoms with van der Waals surface area (Å²) in [6, 6.07) is 5.74. The Labute approximate surface area is 136 Å². The summed E-state index contributed by atoms with van der Waals surface area (Å²) in [5.41, 5.74) is 2.27. The number of piperidine rings is 1. The molecule has 2 fully saturated rings. The van der Waals surface area contributed by atoms with E-state index >= 15 is 0 Å². The first kappa shape index (κ1) is 14.3. The van der Waals surface area contributed by atoms with Crippen molar-refractivity contribution in [3.05, 3.63) is 35.4 Å². The van der Waals surface area contributed by atoms with E-state index in [2.05, 4.69) is 16.1 Å². The molecule has 0 radical (unpaired) electrons. The molecule has 3 atom stereocenters. The molecule has 2 saturated heterocycles. The Morgan fingerprint density at radius 1 is 1.39 bits per heavy atom. The van der Waals surface area contributed by atoms with Crippen molar-refractivity contribution in [3.63, 3.8) is 0 Å². The van der Waals surface area contributed by atoms with Crippen LogP contribution in [0.5, 0.6) is 5.75 Å². The molecule has 118 valence electrons. The molecule has 1 aromatic rings. The molecule has 1 N–H and O–H groups in total. The third kappa shape index (κ3) is 2.73. The molecule has 1 unspecified atom stereocenters. The number of carbonyl (C=O) groups excluding carboxylic acids is 1. The van der Waals surface area contributed by atoms with Crippen LogP contribution in [0.4, 0.5) is 0 Å². The topological polar surface area (TPSA) is 41.6 Å². The summed E-state index contributed by atoms with van der Waals surface area (Å²) in [6.07, 6.45) is 9.77. The number of hydrogen-bond acceptors (Lipinski definition) is 3. The number of ether oxygens (including phenoxy) is 1. The number of amides is 1. The van der Waals surface area contributed by atoms with Gasteiger partial charge in [-0.15, -0.1) is 6.42 Å². The fourth-order valence-corrected chi connectivity index (χ4v) is 3.90. The molecule has 2 bridgehead atoms. The van der Waals surface area contributed by atoms with E-state index in [9.17, 15) is 4.79 Å². The molecule has 4 rings (SSSR count). The lowest BCUT2D eigenvalue weighted by atomic mass is 9.96. The summed E-state index contributed by atoms with van der Waals surface area (Å²) in [6.45, 7) is 3.81. The molecule has 0 saturated carbocycles. The normalized spacial score (nSPS) is 28.1. The van der Waals surface area contributed by atoms with Crippen molar-refractivity contribution in [3.8, 4) is 18.1 Å². The van der Waals surface area contributed by atoms with E-state index < -0.39 is 0 Å². The first-order chi connectivity index (χ1) is 11.2. The van der Waals surface area contributed by atoms with Crippen molar-refractivity contribution in [2.45, 2.75) is 18.9 Å². The Balaban J connectivity index is 1.51. The number of nitrogens with one attached hydrogen (secondary N) is 1. The van der Waals surface area contributed by atoms with E-state index in [1.54, 1.807) is 0 Å². The largest absolute Gasteiger partial charge is 0.489 e. The van der Waals surface area contributed by atoms with E-state index in [0.29, 0.717) is 12.2 Å². The molecule has 1 amide bonds. The Morgan fingerprint density at radius 2 is 2.30 bits per heavy atom. The lowest BCUT2D eigenvalue weighted by Gasteiger charge is -2.30. The maximum Gasteiger partial charge on any atom is 0.251 e. The van der Waals surface area contributed by atoms with Crippen molar-refractivity contribution < 1.29 is 9.53 Å². The van der Waals surface area contributed by atoms with Gasteiger partial charge in [-0.2, -0.15) is 0 Å². The number of allylic oxidation sites excluding steroid dienone is 1. The summed E-state index contributed by atoms with van der Waals surface area (Å²) in [5, 5.41) is 3.18. The molecule has 3 aliphatic heterocycles. The smallest absolute Gasteiger partial charge is 0.251 e. The van der Waals surface area contributed by atoms with Crippen LogP contribution in [0.2, 0.25) is 0 Å². The van der Waals surface area contributed by atoms with Gasteiger partial charge in [-0.25, -0.2) is 0 Å². The van der Waals surface area contributed by atoms with Crippen molar-refractivity contribution in [2.24, 2.45) is 5.92 Å². The summed E-state index contributed by atoms with van der Waals surface area (Å²) in [7, 11) is 0. The molecular formula is C19H20N2O2. The summed E-state index contributed by atoms with van der Waals surface area (Å²) in [5.74, 6) is 4.13. The highest BCUT2D eigenvalue weighted by Crippen LogP contribution is 2.31. The minimum atomic E-state index is -0.0257. The second-order valence-electron chi connectivity index (χ2n) is 6.60. The van der Waals surface area contributed by atoms with Gasteiger partial charge in [0.05, 0.1) is 0 Å². The summed E-state index contributed by atoms with van der Waals surface area (Å²) >= 11 is 0. The summed E-state index contributed by atoms with van der Waals surface area (Å²) in [4.78, 5) is 15.0. The molecule has 4 nitrogen and oxygen atoms in total. The van der Waals surface area contributed by atoms with E-state index in [-0.39, 0.29) is 11.9 Å². The van der Waals surface area contributed by atoms with E-state index in [0.717, 1.165) is 35.8 Å². The van der Waals surface area contributed by atoms with Gasteiger partial charge in [0.25, 0.3) is 5.91 Å². The van der Waals surface area contributed by atoms with Crippen LogP contribution in [0.25, 0.3) is 5.57 Å². The van der Waals surface area contributed by atoms with Crippen LogP contribution in [-0.4, -0.2) is 43.1 Å². The molecule has 3 heterocycles. The van der Waals surface area contributed by atoms with E-state index in [1.165, 1.54) is 19.5 Å². The van der Waals surface area contributed by atoms with Gasteiger partial charge in [0.15, 0.2) is 0 Å². The summed E-state index contributed by atoms with van der Waals surface area (Å²) < 4.78 is 5.57. The van der Waals surface area contributed by atoms with Crippen molar-refractivity contribution in [2.75, 3.05) is 26.2 Å². The maximum absolute atomic E-state index is 12.6. The zero-order valence-electron chi connectivity index (χ0n) is 13.0. The van der Waals surface area contributed by atoms with Gasteiger partial charge in [-0.05, 0) is 49.6 Å². The van der Waals surface area contributed by atoms with Crippen LogP contribution in [0, 0.1) is 18.3 Å². The zero-order valence-corrected chi connectivity index (χ0v) is 13.0. The minimum Gasteiger partial charge on any atom is -0.489 e. The first-order valence-electron chi connectivity index (χ1n) is 8.20. The van der Waals surface area contributed by atoms with Crippen LogP contribution in [0.3, 0.4) is 0 Å². The van der Waals surface area contributed by atoms with E-state index in [4.69, 9.17) is 11.2 Å². The van der Waals surface area contributed by atoms with Crippen LogP contribution in [0.15, 0.2) is 24.3 Å². The Morgan fingerprint density at radius 3 is 3.13 bits per heavy atom. The SMILES string of the molecule is C#CC1=CCOc2ccc(C(=O)N[C@@H]3C[C@H]4CCN(C4)C3)cc21. The quantitative estimate of drug-likeness (QED) is 0.849. The first-order valence-corrected chi connectivity index (χ1v) is 8.20. The average molecular weight is 308 g/mol. The predicted molar refractivity (Wildman–Crippen MR) is 89.2 cm³/mol. The average Bonchev–Trinajstić information content (AvgIpc) is 2.92. The van der Waals surface area contributed by atoms with Gasteiger partial charge < -0.3 is 15.0 Å². The van der Waals surface area contributed by atoms with Gasteiger partial charge in [-0.1, -0.05) is 5.92 Å². The van der Waals surface area contributed by atoms with E-state index in [1.807, 2.05) is 24.3 Å². The molecule has 0 aromatic heterocycles. The third-order valence-corrected chi connectivity index (χ3v) is 5.02. The Kier molecular flexibility index (Phi) is 3.59. The Hall–Kier alpha value is -2.25. The maximum atomic E-state index is 12.6. The number of benzene rings is 1. The number of rotatable bonds is 2. The highest BCUT2D eigenvalue weighted by Gasteiger charge is 2.33. The van der Waals surface area contributed by atoms with Crippen LogP contribution < -0.4 is 10.1 Å². The van der Waals surface area contributed by atoms with Crippen molar-refractivity contribution in [1.29, 1.82) is 0 Å². The fraction of sp³-hybridized carbons (Fsp3) is 0.421. The fourth-order valence-electron chi connectivity index (χ4n) is 3.90. The molecular weight excluding hydrogens is 288 g/mol. The molecule has 3 aliphatic rings. The van der Waals surface area contributed by atoms with Crippen molar-refractivity contribution >= 4 is 11.5 Å². The number of nitrogens with zero attached hydrogens (tertiary/aromatic N) is 1. The van der Waals surface area contributed by atoms with Gasteiger partial charge in [0.2, 0.25) is 0 Å². The van der Waals surface area contributed by atoms with Crippen LogP contribution in [-0.2, 0) is 0 Å². The second kappa shape index (κ2) is 5.75. The third-order valence-electron chi connectivity index (χ3n) is 5.02. The lowest BCUT2D eigenvalue weighted by Crippen LogP contribution is -2.47. The van der Waals surface area contributed by atoms with Crippen LogP contribution in [0.1, 0.15) is 28.8 Å². The molecule has 1 aromatic carbocycles. The lowest BCUT2D eigenvalue weighted by molar-refractivity contribution is 0.0909. The standard InChI is InChI=1S/C19H20N2O2/c1-2-14-6-8-23-18-4-3-15(10-17(14)18)19(22)20-16-9-13-5-7-21(11-13)12-16/h1,3-4,6,10,13,16H,5,7-9,11-12H2,(H,20,22)/t13-,16-/m1/s1. The van der Waals surface area contributed by atoms with Gasteiger partial charge in [-0.3, -0.25) is 4.79 Å². The molecule has 0 aliphatic carbocycles. The predicted octanol–water partition coefficient (Wildman–Crippen LogP) is 1.92. The molecule has 4 heteroatoms. The zero-order chi connectivity index (χ0) is 15.8. The number of terminal acetylenes is 1.